The summed E-state index contributed by atoms with van der Waals surface area (Å²) in [4.78, 5) is 2.63. The SMILES string of the molecule is CCCCN(C(C)CC)C(C)(CN)C(C)C. The van der Waals surface area contributed by atoms with E-state index in [0.29, 0.717) is 12.0 Å². The van der Waals surface area contributed by atoms with Crippen molar-refractivity contribution in [1.29, 1.82) is 0 Å². The van der Waals surface area contributed by atoms with E-state index in [1.54, 1.807) is 0 Å². The summed E-state index contributed by atoms with van der Waals surface area (Å²) in [5.41, 5.74) is 6.17. The van der Waals surface area contributed by atoms with Crippen LogP contribution < -0.4 is 5.73 Å². The fourth-order valence-corrected chi connectivity index (χ4v) is 2.21. The summed E-state index contributed by atoms with van der Waals surface area (Å²) in [6.07, 6.45) is 3.73. The topological polar surface area (TPSA) is 29.3 Å². The first-order valence-electron chi connectivity index (χ1n) is 6.90. The second-order valence-electron chi connectivity index (χ2n) is 5.52. The van der Waals surface area contributed by atoms with Crippen molar-refractivity contribution in [3.63, 3.8) is 0 Å². The maximum Gasteiger partial charge on any atom is 0.0329 e. The first kappa shape index (κ1) is 15.9. The molecule has 0 rings (SSSR count). The number of hydrogen-bond acceptors (Lipinski definition) is 2. The minimum Gasteiger partial charge on any atom is -0.329 e. The van der Waals surface area contributed by atoms with E-state index in [1.807, 2.05) is 0 Å². The largest absolute Gasteiger partial charge is 0.329 e. The van der Waals surface area contributed by atoms with Gasteiger partial charge in [-0.3, -0.25) is 4.90 Å². The van der Waals surface area contributed by atoms with Gasteiger partial charge in [-0.15, -0.1) is 0 Å². The Balaban J connectivity index is 4.82. The highest BCUT2D eigenvalue weighted by molar-refractivity contribution is 4.92. The van der Waals surface area contributed by atoms with Crippen LogP contribution in [0.15, 0.2) is 0 Å². The lowest BCUT2D eigenvalue weighted by molar-refractivity contribution is 0.0294. The molecule has 2 unspecified atom stereocenters. The smallest absolute Gasteiger partial charge is 0.0329 e. The molecule has 0 saturated heterocycles. The molecule has 0 amide bonds. The second-order valence-corrected chi connectivity index (χ2v) is 5.52. The van der Waals surface area contributed by atoms with Gasteiger partial charge >= 0.3 is 0 Å². The van der Waals surface area contributed by atoms with Crippen molar-refractivity contribution < 1.29 is 0 Å². The maximum atomic E-state index is 6.03. The van der Waals surface area contributed by atoms with Crippen LogP contribution in [0.2, 0.25) is 0 Å². The molecule has 16 heavy (non-hydrogen) atoms. The fourth-order valence-electron chi connectivity index (χ4n) is 2.21. The molecule has 0 aliphatic rings. The fraction of sp³-hybridized carbons (Fsp3) is 1.00. The van der Waals surface area contributed by atoms with Crippen molar-refractivity contribution in [2.45, 2.75) is 72.4 Å². The molecule has 0 saturated carbocycles. The monoisotopic (exact) mass is 228 g/mol. The Morgan fingerprint density at radius 1 is 1.19 bits per heavy atom. The average Bonchev–Trinajstić information content (AvgIpc) is 2.28. The summed E-state index contributed by atoms with van der Waals surface area (Å²) in [5, 5.41) is 0. The number of unbranched alkanes of at least 4 members (excludes halogenated alkanes) is 1. The van der Waals surface area contributed by atoms with Gasteiger partial charge < -0.3 is 5.73 Å². The van der Waals surface area contributed by atoms with Crippen LogP contribution in [0.5, 0.6) is 0 Å². The van der Waals surface area contributed by atoms with Gasteiger partial charge in [-0.2, -0.15) is 0 Å². The molecule has 2 atom stereocenters. The molecule has 0 fully saturated rings. The summed E-state index contributed by atoms with van der Waals surface area (Å²) in [6.45, 7) is 15.7. The van der Waals surface area contributed by atoms with Gasteiger partial charge in [-0.25, -0.2) is 0 Å². The lowest BCUT2D eigenvalue weighted by Gasteiger charge is -2.47. The Labute approximate surface area is 103 Å². The van der Waals surface area contributed by atoms with E-state index < -0.39 is 0 Å². The van der Waals surface area contributed by atoms with Crippen molar-refractivity contribution in [2.24, 2.45) is 11.7 Å². The molecule has 0 aliphatic heterocycles. The maximum absolute atomic E-state index is 6.03. The summed E-state index contributed by atoms with van der Waals surface area (Å²) in [5.74, 6) is 0.600. The van der Waals surface area contributed by atoms with Crippen LogP contribution in [0.3, 0.4) is 0 Å². The van der Waals surface area contributed by atoms with Gasteiger partial charge in [0.05, 0.1) is 0 Å². The minimum atomic E-state index is 0.143. The molecule has 2 heteroatoms. The third-order valence-electron chi connectivity index (χ3n) is 4.19. The van der Waals surface area contributed by atoms with Gasteiger partial charge in [0.1, 0.15) is 0 Å². The van der Waals surface area contributed by atoms with Crippen LogP contribution in [0, 0.1) is 5.92 Å². The second kappa shape index (κ2) is 7.29. The van der Waals surface area contributed by atoms with Gasteiger partial charge in [0, 0.05) is 18.1 Å². The standard InChI is InChI=1S/C14H32N2/c1-7-9-10-16(13(5)8-2)14(6,11-15)12(3)4/h12-13H,7-11,15H2,1-6H3. The van der Waals surface area contributed by atoms with Gasteiger partial charge in [-0.1, -0.05) is 34.1 Å². The summed E-state index contributed by atoms with van der Waals surface area (Å²) >= 11 is 0. The first-order chi connectivity index (χ1) is 7.43. The Morgan fingerprint density at radius 2 is 1.75 bits per heavy atom. The zero-order valence-electron chi connectivity index (χ0n) is 12.2. The molecule has 0 heterocycles. The van der Waals surface area contributed by atoms with Crippen molar-refractivity contribution in [1.82, 2.24) is 4.90 Å². The van der Waals surface area contributed by atoms with Crippen molar-refractivity contribution in [3.8, 4) is 0 Å². The van der Waals surface area contributed by atoms with Crippen LogP contribution in [0.4, 0.5) is 0 Å². The Bertz CT molecular complexity index is 180. The molecule has 0 bridgehead atoms. The third-order valence-corrected chi connectivity index (χ3v) is 4.19. The number of nitrogens with two attached hydrogens (primary N) is 1. The van der Waals surface area contributed by atoms with Gasteiger partial charge in [0.15, 0.2) is 0 Å². The Hall–Kier alpha value is -0.0800. The molecule has 2 nitrogen and oxygen atoms in total. The average molecular weight is 228 g/mol. The lowest BCUT2D eigenvalue weighted by Crippen LogP contribution is -2.58. The van der Waals surface area contributed by atoms with E-state index in [2.05, 4.69) is 46.4 Å². The highest BCUT2D eigenvalue weighted by Gasteiger charge is 2.35. The highest BCUT2D eigenvalue weighted by Crippen LogP contribution is 2.27. The molecule has 98 valence electrons. The summed E-state index contributed by atoms with van der Waals surface area (Å²) in [7, 11) is 0. The van der Waals surface area contributed by atoms with Gasteiger partial charge in [-0.05, 0) is 39.2 Å². The highest BCUT2D eigenvalue weighted by atomic mass is 15.2. The van der Waals surface area contributed by atoms with Gasteiger partial charge in [0.2, 0.25) is 0 Å². The Kier molecular flexibility index (Phi) is 7.25. The van der Waals surface area contributed by atoms with Gasteiger partial charge in [0.25, 0.3) is 0 Å². The van der Waals surface area contributed by atoms with E-state index in [0.717, 1.165) is 6.54 Å². The number of rotatable bonds is 8. The molecule has 2 N–H and O–H groups in total. The molecular weight excluding hydrogens is 196 g/mol. The summed E-state index contributed by atoms with van der Waals surface area (Å²) in [6, 6.07) is 0.627. The quantitative estimate of drug-likeness (QED) is 0.691. The Morgan fingerprint density at radius 3 is 2.06 bits per heavy atom. The van der Waals surface area contributed by atoms with Crippen LogP contribution in [-0.2, 0) is 0 Å². The van der Waals surface area contributed by atoms with Crippen molar-refractivity contribution >= 4 is 0 Å². The molecule has 0 aliphatic carbocycles. The van der Waals surface area contributed by atoms with Crippen LogP contribution in [-0.4, -0.2) is 29.6 Å². The van der Waals surface area contributed by atoms with Crippen molar-refractivity contribution in [2.75, 3.05) is 13.1 Å². The molecule has 0 spiro atoms. The molecule has 0 aromatic rings. The number of nitrogens with zero attached hydrogens (tertiary/aromatic N) is 1. The predicted molar refractivity (Wildman–Crippen MR) is 73.7 cm³/mol. The van der Waals surface area contributed by atoms with E-state index >= 15 is 0 Å². The number of hydrogen-bond donors (Lipinski definition) is 1. The molecular formula is C14H32N2. The minimum absolute atomic E-state index is 0.143. The third kappa shape index (κ3) is 3.74. The molecule has 0 aromatic carbocycles. The zero-order chi connectivity index (χ0) is 12.8. The van der Waals surface area contributed by atoms with Crippen LogP contribution >= 0.6 is 0 Å². The first-order valence-corrected chi connectivity index (χ1v) is 6.90. The van der Waals surface area contributed by atoms with E-state index in [9.17, 15) is 0 Å². The normalized spacial score (nSPS) is 17.8. The zero-order valence-corrected chi connectivity index (χ0v) is 12.2. The van der Waals surface area contributed by atoms with E-state index in [4.69, 9.17) is 5.73 Å². The molecule has 0 aromatic heterocycles. The van der Waals surface area contributed by atoms with Crippen molar-refractivity contribution in [3.05, 3.63) is 0 Å². The predicted octanol–water partition coefficient (Wildman–Crippen LogP) is 3.26. The molecule has 0 radical (unpaired) electrons. The van der Waals surface area contributed by atoms with Crippen LogP contribution in [0.25, 0.3) is 0 Å². The lowest BCUT2D eigenvalue weighted by atomic mass is 9.85. The van der Waals surface area contributed by atoms with E-state index in [-0.39, 0.29) is 5.54 Å². The summed E-state index contributed by atoms with van der Waals surface area (Å²) < 4.78 is 0. The van der Waals surface area contributed by atoms with Crippen LogP contribution in [0.1, 0.15) is 60.8 Å². The van der Waals surface area contributed by atoms with E-state index in [1.165, 1.54) is 25.8 Å².